The van der Waals surface area contributed by atoms with Crippen molar-refractivity contribution in [2.45, 2.75) is 0 Å². The minimum absolute atomic E-state index is 0.857. The summed E-state index contributed by atoms with van der Waals surface area (Å²) in [4.78, 5) is 2.42. The topological polar surface area (TPSA) is 16.4 Å². The van der Waals surface area contributed by atoms with E-state index in [0.29, 0.717) is 0 Å². The summed E-state index contributed by atoms with van der Waals surface area (Å²) in [7, 11) is 0. The molecule has 0 atom stereocenters. The van der Waals surface area contributed by atoms with Crippen molar-refractivity contribution in [1.29, 1.82) is 0 Å². The molecular weight excluding hydrogens is 775 g/mol. The monoisotopic (exact) mass is 813 g/mol. The first kappa shape index (κ1) is 36.2. The van der Waals surface area contributed by atoms with E-state index in [-0.39, 0.29) is 0 Å². The van der Waals surface area contributed by atoms with Crippen LogP contribution >= 0.6 is 0 Å². The summed E-state index contributed by atoms with van der Waals surface area (Å²) in [5.74, 6) is 0. The fraction of sp³-hybridized carbons (Fsp3) is 0. The highest BCUT2D eigenvalue weighted by molar-refractivity contribution is 6.23. The van der Waals surface area contributed by atoms with Crippen molar-refractivity contribution in [3.63, 3.8) is 0 Å². The van der Waals surface area contributed by atoms with Crippen molar-refractivity contribution < 1.29 is 4.42 Å². The second-order valence-corrected chi connectivity index (χ2v) is 16.8. The van der Waals surface area contributed by atoms with Gasteiger partial charge in [-0.3, -0.25) is 0 Å². The Balaban J connectivity index is 1.08. The van der Waals surface area contributed by atoms with Crippen LogP contribution in [0.3, 0.4) is 0 Å². The zero-order valence-corrected chi connectivity index (χ0v) is 34.9. The lowest BCUT2D eigenvalue weighted by Crippen LogP contribution is -2.11. The molecule has 0 spiro atoms. The van der Waals surface area contributed by atoms with Crippen LogP contribution in [0.4, 0.5) is 17.1 Å². The number of hydrogen-bond donors (Lipinski definition) is 0. The van der Waals surface area contributed by atoms with Crippen LogP contribution in [0.1, 0.15) is 0 Å². The summed E-state index contributed by atoms with van der Waals surface area (Å²) in [6.45, 7) is 0. The zero-order valence-electron chi connectivity index (χ0n) is 34.9. The molecule has 2 nitrogen and oxygen atoms in total. The van der Waals surface area contributed by atoms with Gasteiger partial charge in [-0.2, -0.15) is 0 Å². The summed E-state index contributed by atoms with van der Waals surface area (Å²) in [5.41, 5.74) is 12.1. The molecule has 13 aromatic rings. The molecule has 0 aliphatic heterocycles. The molecule has 1 heterocycles. The van der Waals surface area contributed by atoms with Crippen LogP contribution in [0.15, 0.2) is 241 Å². The van der Waals surface area contributed by atoms with Crippen LogP contribution < -0.4 is 4.90 Å². The maximum atomic E-state index is 7.08. The highest BCUT2D eigenvalue weighted by Gasteiger charge is 2.24. The van der Waals surface area contributed by atoms with Crippen molar-refractivity contribution >= 4 is 92.9 Å². The first-order chi connectivity index (χ1) is 31.8. The van der Waals surface area contributed by atoms with Crippen molar-refractivity contribution in [3.8, 4) is 33.4 Å². The Morgan fingerprint density at radius 1 is 0.250 bits per heavy atom. The summed E-state index contributed by atoms with van der Waals surface area (Å²) in [6.07, 6.45) is 0. The van der Waals surface area contributed by atoms with E-state index >= 15 is 0 Å². The Bertz CT molecular complexity index is 3960. The second kappa shape index (κ2) is 14.6. The molecule has 0 saturated carbocycles. The molecule has 12 aromatic carbocycles. The lowest BCUT2D eigenvalue weighted by molar-refractivity contribution is 0.673. The molecule has 0 aliphatic carbocycles. The first-order valence-corrected chi connectivity index (χ1v) is 22.0. The minimum Gasteiger partial charge on any atom is -0.453 e. The van der Waals surface area contributed by atoms with Crippen LogP contribution in [0.25, 0.3) is 109 Å². The lowest BCUT2D eigenvalue weighted by Gasteiger charge is -2.28. The number of anilines is 3. The van der Waals surface area contributed by atoms with E-state index in [9.17, 15) is 0 Å². The van der Waals surface area contributed by atoms with Crippen LogP contribution in [-0.2, 0) is 0 Å². The molecule has 0 aliphatic rings. The highest BCUT2D eigenvalue weighted by Crippen LogP contribution is 2.49. The summed E-state index contributed by atoms with van der Waals surface area (Å²) in [5, 5.41) is 14.2. The predicted molar refractivity (Wildman–Crippen MR) is 272 cm³/mol. The van der Waals surface area contributed by atoms with Gasteiger partial charge >= 0.3 is 0 Å². The fourth-order valence-electron chi connectivity index (χ4n) is 10.3. The number of rotatable bonds is 6. The normalized spacial score (nSPS) is 11.8. The van der Waals surface area contributed by atoms with Gasteiger partial charge in [-0.1, -0.05) is 200 Å². The van der Waals surface area contributed by atoms with Crippen molar-refractivity contribution in [3.05, 3.63) is 237 Å². The largest absolute Gasteiger partial charge is 0.453 e. The Labute approximate surface area is 370 Å². The van der Waals surface area contributed by atoms with E-state index in [1.54, 1.807) is 0 Å². The van der Waals surface area contributed by atoms with Crippen LogP contribution in [-0.4, -0.2) is 0 Å². The van der Waals surface area contributed by atoms with E-state index in [2.05, 4.69) is 241 Å². The van der Waals surface area contributed by atoms with E-state index in [1.807, 2.05) is 0 Å². The number of benzene rings is 12. The van der Waals surface area contributed by atoms with Crippen molar-refractivity contribution in [1.82, 2.24) is 0 Å². The Morgan fingerprint density at radius 3 is 1.53 bits per heavy atom. The molecule has 0 radical (unpaired) electrons. The summed E-state index contributed by atoms with van der Waals surface area (Å²) >= 11 is 0. The van der Waals surface area contributed by atoms with Crippen LogP contribution in [0, 0.1) is 0 Å². The van der Waals surface area contributed by atoms with E-state index < -0.39 is 0 Å². The minimum atomic E-state index is 0.857. The zero-order chi connectivity index (χ0) is 42.1. The van der Waals surface area contributed by atoms with E-state index in [4.69, 9.17) is 4.42 Å². The second-order valence-electron chi connectivity index (χ2n) is 16.8. The Morgan fingerprint density at radius 2 is 0.766 bits per heavy atom. The number of nitrogens with zero attached hydrogens (tertiary/aromatic N) is 1. The molecule has 0 bridgehead atoms. The molecule has 64 heavy (non-hydrogen) atoms. The molecule has 0 fully saturated rings. The summed E-state index contributed by atoms with van der Waals surface area (Å²) in [6, 6.07) is 86.0. The van der Waals surface area contributed by atoms with E-state index in [1.165, 1.54) is 65.3 Å². The Hall–Kier alpha value is -8.46. The quantitative estimate of drug-likeness (QED) is 0.156. The third-order valence-corrected chi connectivity index (χ3v) is 13.2. The van der Waals surface area contributed by atoms with Gasteiger partial charge in [-0.15, -0.1) is 0 Å². The average molecular weight is 814 g/mol. The predicted octanol–water partition coefficient (Wildman–Crippen LogP) is 17.8. The maximum Gasteiger partial charge on any atom is 0.159 e. The smallest absolute Gasteiger partial charge is 0.159 e. The average Bonchev–Trinajstić information content (AvgIpc) is 3.77. The molecule has 0 N–H and O–H groups in total. The van der Waals surface area contributed by atoms with Gasteiger partial charge in [0.1, 0.15) is 5.58 Å². The number of furan rings is 1. The molecule has 298 valence electrons. The first-order valence-electron chi connectivity index (χ1n) is 22.0. The lowest BCUT2D eigenvalue weighted by atomic mass is 9.84. The molecule has 2 heteroatoms. The molecule has 0 saturated heterocycles. The van der Waals surface area contributed by atoms with Gasteiger partial charge in [0.25, 0.3) is 0 Å². The van der Waals surface area contributed by atoms with Gasteiger partial charge in [-0.05, 0) is 113 Å². The highest BCUT2D eigenvalue weighted by atomic mass is 16.3. The summed E-state index contributed by atoms with van der Waals surface area (Å²) < 4.78 is 7.08. The molecule has 0 amide bonds. The molecule has 13 rings (SSSR count). The van der Waals surface area contributed by atoms with Gasteiger partial charge in [-0.25, -0.2) is 0 Å². The van der Waals surface area contributed by atoms with Crippen molar-refractivity contribution in [2.75, 3.05) is 4.90 Å². The van der Waals surface area contributed by atoms with Gasteiger partial charge in [0.2, 0.25) is 0 Å². The number of para-hydroxylation sites is 1. The van der Waals surface area contributed by atoms with Crippen LogP contribution in [0.2, 0.25) is 0 Å². The fourth-order valence-corrected chi connectivity index (χ4v) is 10.3. The molecule has 0 unspecified atom stereocenters. The standard InChI is InChI=1S/C62H39NO/c1-3-18-41(19-4-1)59-53-30-14-12-28-50(53)51-35-34-44(38-56(51)60(59)42-20-5-2-6-21-42)43-23-15-24-46(37-43)63(58-39-45-22-8-9-25-47(45)49-27-11-13-29-52(49)58)57-32-16-31-54-55-36-33-40-17-7-10-26-48(40)61(55)64-62(54)57/h1-39H. The van der Waals surface area contributed by atoms with Gasteiger partial charge in [0.05, 0.1) is 11.4 Å². The maximum absolute atomic E-state index is 7.08. The van der Waals surface area contributed by atoms with Crippen molar-refractivity contribution in [2.24, 2.45) is 0 Å². The number of hydrogen-bond acceptors (Lipinski definition) is 2. The molecular formula is C62H39NO. The van der Waals surface area contributed by atoms with Gasteiger partial charge < -0.3 is 9.32 Å². The Kier molecular flexibility index (Phi) is 8.25. The third-order valence-electron chi connectivity index (χ3n) is 13.2. The number of fused-ring (bicyclic) bond motifs is 11. The van der Waals surface area contributed by atoms with Gasteiger partial charge in [0.15, 0.2) is 5.58 Å². The van der Waals surface area contributed by atoms with Crippen LogP contribution in [0.5, 0.6) is 0 Å². The van der Waals surface area contributed by atoms with E-state index in [0.717, 1.165) is 60.9 Å². The third kappa shape index (κ3) is 5.66. The van der Waals surface area contributed by atoms with Gasteiger partial charge in [0, 0.05) is 27.2 Å². The molecule has 1 aromatic heterocycles. The SMILES string of the molecule is c1ccc(-c2c(-c3ccccc3)c3cc(-c4cccc(N(c5cc6ccccc6c6ccccc56)c5cccc6c5oc5c7ccccc7ccc65)c4)ccc3c3ccccc23)cc1.